The smallest absolute Gasteiger partial charge is 0.497 e. The van der Waals surface area contributed by atoms with Crippen LogP contribution in [0.2, 0.25) is 0 Å². The number of hydrogen-bond acceptors (Lipinski definition) is 3. The number of fused-ring (bicyclic) bond motifs is 1. The van der Waals surface area contributed by atoms with E-state index in [1.54, 1.807) is 0 Å². The predicted molar refractivity (Wildman–Crippen MR) is 58.8 cm³/mol. The van der Waals surface area contributed by atoms with Gasteiger partial charge < -0.3 is 22.6 Å². The van der Waals surface area contributed by atoms with Gasteiger partial charge in [0.15, 0.2) is 0 Å². The SMILES string of the molecule is COc1ccc2c(c1)C(=O)C(=O)N2C[B-](F)(F)F.[K+]. The summed E-state index contributed by atoms with van der Waals surface area (Å²) in [6.07, 6.45) is -1.41. The molecule has 1 aliphatic rings. The fraction of sp³-hybridized carbons (Fsp3) is 0.200. The standard InChI is InChI=1S/C10H8BF3NO3.K/c1-18-6-2-3-8-7(4-6)9(16)10(17)15(8)5-11(12,13)14;/h2-4H,5H2,1H3;/q-1;+1. The van der Waals surface area contributed by atoms with Gasteiger partial charge >= 0.3 is 58.4 Å². The summed E-state index contributed by atoms with van der Waals surface area (Å²) in [5.41, 5.74) is -0.0793. The second kappa shape index (κ2) is 5.96. The van der Waals surface area contributed by atoms with Gasteiger partial charge in [0.05, 0.1) is 18.4 Å². The Balaban J connectivity index is 0.00000180. The maximum absolute atomic E-state index is 12.4. The second-order valence-corrected chi connectivity index (χ2v) is 3.84. The van der Waals surface area contributed by atoms with Gasteiger partial charge in [-0.2, -0.15) is 0 Å². The van der Waals surface area contributed by atoms with Gasteiger partial charge in [0, 0.05) is 0 Å². The average Bonchev–Trinajstić information content (AvgIpc) is 2.52. The van der Waals surface area contributed by atoms with Gasteiger partial charge in [0.2, 0.25) is 0 Å². The van der Waals surface area contributed by atoms with Crippen molar-refractivity contribution in [2.75, 3.05) is 18.5 Å². The number of ketones is 1. The minimum Gasteiger partial charge on any atom is -0.497 e. The van der Waals surface area contributed by atoms with Crippen LogP contribution < -0.4 is 61.0 Å². The van der Waals surface area contributed by atoms with Crippen molar-refractivity contribution in [3.63, 3.8) is 0 Å². The molecule has 0 fully saturated rings. The molecule has 9 heteroatoms. The van der Waals surface area contributed by atoms with Gasteiger partial charge in [0.1, 0.15) is 5.75 Å². The van der Waals surface area contributed by atoms with Crippen LogP contribution >= 0.6 is 0 Å². The summed E-state index contributed by atoms with van der Waals surface area (Å²) < 4.78 is 42.0. The predicted octanol–water partition coefficient (Wildman–Crippen LogP) is -1.38. The van der Waals surface area contributed by atoms with E-state index in [2.05, 4.69) is 0 Å². The molecule has 0 saturated carbocycles. The molecule has 1 heterocycles. The van der Waals surface area contributed by atoms with Crippen LogP contribution in [0.5, 0.6) is 5.75 Å². The zero-order valence-electron chi connectivity index (χ0n) is 10.3. The van der Waals surface area contributed by atoms with Crippen molar-refractivity contribution in [3.8, 4) is 5.75 Å². The summed E-state index contributed by atoms with van der Waals surface area (Å²) in [5.74, 6) is -1.78. The van der Waals surface area contributed by atoms with Crippen LogP contribution in [0, 0.1) is 0 Å². The number of rotatable bonds is 3. The van der Waals surface area contributed by atoms with E-state index in [1.807, 2.05) is 0 Å². The Morgan fingerprint density at radius 2 is 1.89 bits per heavy atom. The Kier molecular flexibility index (Phi) is 5.24. The molecule has 96 valence electrons. The van der Waals surface area contributed by atoms with Gasteiger partial charge in [0.25, 0.3) is 11.7 Å². The number of nitrogens with zero attached hydrogens (tertiary/aromatic N) is 1. The van der Waals surface area contributed by atoms with Crippen LogP contribution in [0.25, 0.3) is 0 Å². The Morgan fingerprint density at radius 1 is 1.26 bits per heavy atom. The molecule has 1 aromatic rings. The van der Waals surface area contributed by atoms with Crippen LogP contribution in [-0.2, 0) is 4.79 Å². The first kappa shape index (κ1) is 16.7. The molecule has 0 aromatic heterocycles. The van der Waals surface area contributed by atoms with Crippen LogP contribution in [0.1, 0.15) is 10.4 Å². The summed E-state index contributed by atoms with van der Waals surface area (Å²) in [7, 11) is 1.36. The van der Waals surface area contributed by atoms with Gasteiger partial charge in [-0.15, -0.1) is 0 Å². The van der Waals surface area contributed by atoms with Crippen molar-refractivity contribution in [1.29, 1.82) is 0 Å². The van der Waals surface area contributed by atoms with Gasteiger partial charge in [-0.05, 0) is 24.6 Å². The molecule has 0 saturated heterocycles. The number of benzene rings is 1. The second-order valence-electron chi connectivity index (χ2n) is 3.84. The summed E-state index contributed by atoms with van der Waals surface area (Å²) in [5, 5.41) is 0. The molecular formula is C10H8BF3KNO3. The normalized spacial score (nSPS) is 14.2. The largest absolute Gasteiger partial charge is 1.00 e. The first-order valence-corrected chi connectivity index (χ1v) is 5.08. The minimum atomic E-state index is -5.19. The quantitative estimate of drug-likeness (QED) is 0.510. The molecule has 2 rings (SSSR count). The third-order valence-corrected chi connectivity index (χ3v) is 2.57. The average molecular weight is 297 g/mol. The zero-order chi connectivity index (χ0) is 13.5. The number of anilines is 1. The first-order valence-electron chi connectivity index (χ1n) is 5.08. The topological polar surface area (TPSA) is 46.6 Å². The monoisotopic (exact) mass is 297 g/mol. The van der Waals surface area contributed by atoms with Crippen LogP contribution in [-0.4, -0.2) is 32.2 Å². The summed E-state index contributed by atoms with van der Waals surface area (Å²) in [6.45, 7) is -5.19. The summed E-state index contributed by atoms with van der Waals surface area (Å²) in [6, 6.07) is 3.94. The Labute approximate surface area is 149 Å². The third kappa shape index (κ3) is 3.40. The molecule has 19 heavy (non-hydrogen) atoms. The van der Waals surface area contributed by atoms with Crippen molar-refractivity contribution in [1.82, 2.24) is 0 Å². The van der Waals surface area contributed by atoms with E-state index in [0.29, 0.717) is 10.6 Å². The summed E-state index contributed by atoms with van der Waals surface area (Å²) in [4.78, 5) is 23.5. The third-order valence-electron chi connectivity index (χ3n) is 2.57. The van der Waals surface area contributed by atoms with Crippen molar-refractivity contribution < 1.29 is 78.7 Å². The molecule has 0 bridgehead atoms. The molecule has 4 nitrogen and oxygen atoms in total. The molecule has 0 aliphatic carbocycles. The Morgan fingerprint density at radius 3 is 2.42 bits per heavy atom. The van der Waals surface area contributed by atoms with Crippen molar-refractivity contribution >= 4 is 24.4 Å². The van der Waals surface area contributed by atoms with E-state index >= 15 is 0 Å². The zero-order valence-corrected chi connectivity index (χ0v) is 13.4. The number of carbonyl (C=O) groups is 2. The molecule has 0 radical (unpaired) electrons. The van der Waals surface area contributed by atoms with E-state index in [0.717, 1.165) is 0 Å². The number of halogens is 3. The number of hydrogen-bond donors (Lipinski definition) is 0. The van der Waals surface area contributed by atoms with Crippen molar-refractivity contribution in [3.05, 3.63) is 23.8 Å². The van der Waals surface area contributed by atoms with E-state index in [4.69, 9.17) is 4.74 Å². The molecule has 1 aromatic carbocycles. The number of carbonyl (C=O) groups excluding carboxylic acids is 2. The molecule has 0 spiro atoms. The number of ether oxygens (including phenoxy) is 1. The Bertz CT molecular complexity index is 535. The molecule has 1 aliphatic heterocycles. The first-order chi connectivity index (χ1) is 8.33. The number of methoxy groups -OCH3 is 1. The van der Waals surface area contributed by atoms with Crippen LogP contribution in [0.4, 0.5) is 18.6 Å². The van der Waals surface area contributed by atoms with Crippen LogP contribution in [0.3, 0.4) is 0 Å². The van der Waals surface area contributed by atoms with Gasteiger partial charge in [-0.3, -0.25) is 9.59 Å². The van der Waals surface area contributed by atoms with E-state index < -0.39 is 25.1 Å². The van der Waals surface area contributed by atoms with Gasteiger partial charge in [-0.25, -0.2) is 0 Å². The van der Waals surface area contributed by atoms with Crippen molar-refractivity contribution in [2.24, 2.45) is 0 Å². The number of Topliss-reactive ketones (excluding diaryl/α,β-unsaturated/α-hetero) is 1. The molecule has 0 unspecified atom stereocenters. The summed E-state index contributed by atoms with van der Waals surface area (Å²) >= 11 is 0. The molecular weight excluding hydrogens is 289 g/mol. The van der Waals surface area contributed by atoms with Gasteiger partial charge in [-0.1, -0.05) is 0 Å². The van der Waals surface area contributed by atoms with Crippen LogP contribution in [0.15, 0.2) is 18.2 Å². The van der Waals surface area contributed by atoms with E-state index in [-0.39, 0.29) is 62.6 Å². The van der Waals surface area contributed by atoms with E-state index in [9.17, 15) is 22.5 Å². The molecule has 0 atom stereocenters. The maximum Gasteiger partial charge on any atom is 1.00 e. The Hall–Kier alpha value is -0.349. The molecule has 0 N–H and O–H groups in total. The minimum absolute atomic E-state index is 0. The maximum atomic E-state index is 12.4. The van der Waals surface area contributed by atoms with Crippen molar-refractivity contribution in [2.45, 2.75) is 0 Å². The fourth-order valence-corrected chi connectivity index (χ4v) is 1.79. The van der Waals surface area contributed by atoms with E-state index in [1.165, 1.54) is 25.3 Å². The molecule has 1 amide bonds. The number of amides is 1. The fourth-order valence-electron chi connectivity index (χ4n) is 1.79.